The first kappa shape index (κ1) is 20.3. The Morgan fingerprint density at radius 2 is 2.12 bits per heavy atom. The zero-order valence-electron chi connectivity index (χ0n) is 13.8. The van der Waals surface area contributed by atoms with E-state index >= 15 is 0 Å². The number of thioether (sulfide) groups is 1. The van der Waals surface area contributed by atoms with Gasteiger partial charge in [-0.05, 0) is 65.0 Å². The van der Waals surface area contributed by atoms with Gasteiger partial charge in [-0.15, -0.1) is 6.58 Å². The van der Waals surface area contributed by atoms with Crippen molar-refractivity contribution in [1.29, 1.82) is 0 Å². The van der Waals surface area contributed by atoms with E-state index in [9.17, 15) is 19.5 Å². The molecule has 1 saturated heterocycles. The van der Waals surface area contributed by atoms with Crippen molar-refractivity contribution in [1.82, 2.24) is 4.90 Å². The van der Waals surface area contributed by atoms with Crippen molar-refractivity contribution in [3.05, 3.63) is 38.8 Å². The zero-order chi connectivity index (χ0) is 19.3. The molecule has 0 aliphatic carbocycles. The maximum atomic E-state index is 12.3. The number of rotatable bonds is 8. The number of ether oxygens (including phenoxy) is 2. The lowest BCUT2D eigenvalue weighted by Gasteiger charge is -2.15. The van der Waals surface area contributed by atoms with Crippen LogP contribution in [0.4, 0.5) is 4.79 Å². The number of carboxylic acid groups (broad SMARTS) is 1. The second-order valence-corrected chi connectivity index (χ2v) is 7.16. The number of carbonyl (C=O) groups excluding carboxylic acids is 3. The molecule has 138 valence electrons. The van der Waals surface area contributed by atoms with Gasteiger partial charge in [0, 0.05) is 6.54 Å². The number of aliphatic carboxylic acids is 1. The molecule has 1 aliphatic heterocycles. The van der Waals surface area contributed by atoms with Gasteiger partial charge in [0.2, 0.25) is 0 Å². The van der Waals surface area contributed by atoms with Gasteiger partial charge in [0.1, 0.15) is 6.61 Å². The van der Waals surface area contributed by atoms with Crippen molar-refractivity contribution in [3.63, 3.8) is 0 Å². The summed E-state index contributed by atoms with van der Waals surface area (Å²) < 4.78 is 11.3. The highest BCUT2D eigenvalue weighted by Crippen LogP contribution is 2.37. The Hall–Kier alpha value is -2.01. The fourth-order valence-electron chi connectivity index (χ4n) is 2.14. The van der Waals surface area contributed by atoms with E-state index in [4.69, 9.17) is 9.47 Å². The third-order valence-corrected chi connectivity index (χ3v) is 4.86. The Kier molecular flexibility index (Phi) is 7.09. The van der Waals surface area contributed by atoms with Crippen LogP contribution in [0.1, 0.15) is 12.5 Å². The van der Waals surface area contributed by atoms with Crippen molar-refractivity contribution in [3.8, 4) is 11.5 Å². The fourth-order valence-corrected chi connectivity index (χ4v) is 3.77. The summed E-state index contributed by atoms with van der Waals surface area (Å²) in [7, 11) is 0. The van der Waals surface area contributed by atoms with Crippen molar-refractivity contribution in [2.24, 2.45) is 0 Å². The molecule has 2 rings (SSSR count). The molecule has 1 heterocycles. The molecule has 0 unspecified atom stereocenters. The van der Waals surface area contributed by atoms with E-state index < -0.39 is 12.6 Å². The third kappa shape index (κ3) is 4.79. The highest BCUT2D eigenvalue weighted by atomic mass is 127. The monoisotopic (exact) mass is 488 g/mol. The number of halogens is 1. The van der Waals surface area contributed by atoms with E-state index in [-0.39, 0.29) is 23.4 Å². The smallest absolute Gasteiger partial charge is 0.293 e. The summed E-state index contributed by atoms with van der Waals surface area (Å²) in [5, 5.41) is 10.3. The van der Waals surface area contributed by atoms with Crippen LogP contribution in [0.5, 0.6) is 11.5 Å². The van der Waals surface area contributed by atoms with Gasteiger partial charge >= 0.3 is 0 Å². The molecular formula is C17H15INO6S-. The van der Waals surface area contributed by atoms with Crippen molar-refractivity contribution >= 4 is 57.5 Å². The van der Waals surface area contributed by atoms with E-state index in [0.29, 0.717) is 26.4 Å². The minimum atomic E-state index is -1.34. The topological polar surface area (TPSA) is 96.0 Å². The number of imide groups is 1. The average Bonchev–Trinajstić information content (AvgIpc) is 2.82. The van der Waals surface area contributed by atoms with Crippen LogP contribution < -0.4 is 14.6 Å². The van der Waals surface area contributed by atoms with Crippen LogP contribution in [0.15, 0.2) is 29.7 Å². The largest absolute Gasteiger partial charge is 0.546 e. The SMILES string of the molecule is C=CCN1C(=O)S/C(=C/c2cc(I)c(OCC(=O)[O-])c(OCC)c2)C1=O. The molecule has 0 N–H and O–H groups in total. The van der Waals surface area contributed by atoms with Gasteiger partial charge in [0.15, 0.2) is 11.5 Å². The first-order valence-corrected chi connectivity index (χ1v) is 9.42. The second-order valence-electron chi connectivity index (χ2n) is 5.00. The van der Waals surface area contributed by atoms with E-state index in [1.165, 1.54) is 6.08 Å². The molecule has 0 aromatic heterocycles. The van der Waals surface area contributed by atoms with Gasteiger partial charge in [-0.2, -0.15) is 0 Å². The predicted octanol–water partition coefficient (Wildman–Crippen LogP) is 2.04. The first-order chi connectivity index (χ1) is 12.4. The van der Waals surface area contributed by atoms with Crippen LogP contribution >= 0.6 is 34.4 Å². The standard InChI is InChI=1S/C17H16INO6S/c1-3-5-19-16(22)13(26-17(19)23)8-10-6-11(18)15(25-9-14(20)21)12(7-10)24-4-2/h3,6-8H,1,4-5,9H2,2H3,(H,20,21)/p-1/b13-8+. The van der Waals surface area contributed by atoms with Gasteiger partial charge in [-0.1, -0.05) is 6.08 Å². The molecule has 0 spiro atoms. The molecular weight excluding hydrogens is 473 g/mol. The number of carbonyl (C=O) groups is 3. The van der Waals surface area contributed by atoms with Crippen LogP contribution in [-0.4, -0.2) is 41.8 Å². The van der Waals surface area contributed by atoms with Crippen LogP contribution in [0.3, 0.4) is 0 Å². The van der Waals surface area contributed by atoms with E-state index in [1.807, 2.05) is 22.6 Å². The molecule has 1 fully saturated rings. The Morgan fingerprint density at radius 3 is 2.73 bits per heavy atom. The number of hydrogen-bond acceptors (Lipinski definition) is 7. The van der Waals surface area contributed by atoms with Gasteiger partial charge in [-0.3, -0.25) is 14.5 Å². The molecule has 0 saturated carbocycles. The summed E-state index contributed by atoms with van der Waals surface area (Å²) in [6.07, 6.45) is 3.07. The van der Waals surface area contributed by atoms with Gasteiger partial charge < -0.3 is 19.4 Å². The summed E-state index contributed by atoms with van der Waals surface area (Å²) >= 11 is 2.83. The summed E-state index contributed by atoms with van der Waals surface area (Å²) in [5.41, 5.74) is 0.628. The molecule has 0 bridgehead atoms. The van der Waals surface area contributed by atoms with Crippen molar-refractivity contribution in [2.45, 2.75) is 6.92 Å². The molecule has 0 atom stereocenters. The molecule has 1 aliphatic rings. The van der Waals surface area contributed by atoms with Crippen molar-refractivity contribution < 1.29 is 29.0 Å². The van der Waals surface area contributed by atoms with Crippen molar-refractivity contribution in [2.75, 3.05) is 19.8 Å². The lowest BCUT2D eigenvalue weighted by atomic mass is 10.2. The molecule has 2 amide bonds. The molecule has 0 radical (unpaired) electrons. The molecule has 7 nitrogen and oxygen atoms in total. The van der Waals surface area contributed by atoms with Crippen LogP contribution in [0.25, 0.3) is 6.08 Å². The number of carboxylic acids is 1. The van der Waals surface area contributed by atoms with Crippen LogP contribution in [0, 0.1) is 3.57 Å². The molecule has 26 heavy (non-hydrogen) atoms. The van der Waals surface area contributed by atoms with Gasteiger partial charge in [0.05, 0.1) is 21.1 Å². The molecule has 1 aromatic carbocycles. The fraction of sp³-hybridized carbons (Fsp3) is 0.235. The van der Waals surface area contributed by atoms with Crippen LogP contribution in [0.2, 0.25) is 0 Å². The molecule has 9 heteroatoms. The minimum absolute atomic E-state index is 0.153. The highest BCUT2D eigenvalue weighted by Gasteiger charge is 2.34. The maximum Gasteiger partial charge on any atom is 0.293 e. The van der Waals surface area contributed by atoms with E-state index in [2.05, 4.69) is 6.58 Å². The lowest BCUT2D eigenvalue weighted by Crippen LogP contribution is -2.29. The lowest BCUT2D eigenvalue weighted by molar-refractivity contribution is -0.307. The van der Waals surface area contributed by atoms with E-state index in [1.54, 1.807) is 25.1 Å². The summed E-state index contributed by atoms with van der Waals surface area (Å²) in [5.74, 6) is -1.10. The Morgan fingerprint density at radius 1 is 1.38 bits per heavy atom. The average molecular weight is 488 g/mol. The summed E-state index contributed by atoms with van der Waals surface area (Å²) in [4.78, 5) is 36.2. The number of hydrogen-bond donors (Lipinski definition) is 0. The Balaban J connectivity index is 2.35. The predicted molar refractivity (Wildman–Crippen MR) is 104 cm³/mol. The zero-order valence-corrected chi connectivity index (χ0v) is 16.8. The second kappa shape index (κ2) is 9.08. The Labute approximate surface area is 168 Å². The first-order valence-electron chi connectivity index (χ1n) is 7.52. The van der Waals surface area contributed by atoms with E-state index in [0.717, 1.165) is 16.7 Å². The van der Waals surface area contributed by atoms with Crippen LogP contribution in [-0.2, 0) is 9.59 Å². The number of nitrogens with zero attached hydrogens (tertiary/aromatic N) is 1. The summed E-state index contributed by atoms with van der Waals surface area (Å²) in [6, 6.07) is 3.33. The number of amides is 2. The van der Waals surface area contributed by atoms with Gasteiger partial charge in [0.25, 0.3) is 11.1 Å². The van der Waals surface area contributed by atoms with Gasteiger partial charge in [-0.25, -0.2) is 0 Å². The Bertz CT molecular complexity index is 792. The summed E-state index contributed by atoms with van der Waals surface area (Å²) in [6.45, 7) is 5.21. The quantitative estimate of drug-likeness (QED) is 0.314. The number of benzene rings is 1. The highest BCUT2D eigenvalue weighted by molar-refractivity contribution is 14.1. The maximum absolute atomic E-state index is 12.3. The minimum Gasteiger partial charge on any atom is -0.546 e. The third-order valence-electron chi connectivity index (χ3n) is 3.15. The molecule has 1 aromatic rings. The normalized spacial score (nSPS) is 15.5.